The Balaban J connectivity index is 2.07. The summed E-state index contributed by atoms with van der Waals surface area (Å²) in [5.74, 6) is 2.23. The van der Waals surface area contributed by atoms with Crippen LogP contribution in [0, 0.1) is 11.8 Å². The lowest BCUT2D eigenvalue weighted by Crippen LogP contribution is -2.40. The average Bonchev–Trinajstić information content (AvgIpc) is 2.58. The van der Waals surface area contributed by atoms with Crippen LogP contribution in [-0.4, -0.2) is 39.6 Å². The minimum absolute atomic E-state index is 0.0777. The molecular weight excluding hydrogens is 348 g/mol. The molecule has 1 atom stereocenters. The van der Waals surface area contributed by atoms with Gasteiger partial charge >= 0.3 is 11.9 Å². The largest absolute Gasteiger partial charge is 0.479 e. The SMILES string of the molecule is CC(C)(C)OC(=O)CC#CC(NC(=O)c1ccc2ccccc2n1)C(=O)O. The monoisotopic (exact) mass is 368 g/mol. The molecule has 0 fully saturated rings. The summed E-state index contributed by atoms with van der Waals surface area (Å²) in [5.41, 5.74) is 0.0444. The number of esters is 1. The Bertz CT molecular complexity index is 935. The number of fused-ring (bicyclic) bond motifs is 1. The number of aliphatic carboxylic acids is 1. The molecule has 0 aliphatic carbocycles. The number of para-hydroxylation sites is 1. The molecular formula is C20H20N2O5. The Morgan fingerprint density at radius 3 is 2.56 bits per heavy atom. The van der Waals surface area contributed by atoms with Crippen LogP contribution >= 0.6 is 0 Å². The summed E-state index contributed by atoms with van der Waals surface area (Å²) in [6, 6.07) is 9.01. The number of carbonyl (C=O) groups excluding carboxylic acids is 2. The Hall–Kier alpha value is -3.40. The zero-order valence-electron chi connectivity index (χ0n) is 15.3. The van der Waals surface area contributed by atoms with Crippen LogP contribution in [0.15, 0.2) is 36.4 Å². The van der Waals surface area contributed by atoms with Crippen molar-refractivity contribution in [1.29, 1.82) is 0 Å². The molecule has 2 aromatic rings. The number of carbonyl (C=O) groups is 3. The molecule has 0 aliphatic heterocycles. The van der Waals surface area contributed by atoms with Gasteiger partial charge in [0.2, 0.25) is 0 Å². The van der Waals surface area contributed by atoms with Crippen LogP contribution in [-0.2, 0) is 14.3 Å². The van der Waals surface area contributed by atoms with Gasteiger partial charge in [0, 0.05) is 5.39 Å². The summed E-state index contributed by atoms with van der Waals surface area (Å²) in [6.07, 6.45) is -0.273. The van der Waals surface area contributed by atoms with Gasteiger partial charge in [-0.3, -0.25) is 9.59 Å². The number of pyridine rings is 1. The van der Waals surface area contributed by atoms with Gasteiger partial charge in [-0.05, 0) is 32.9 Å². The minimum atomic E-state index is -1.46. The molecule has 27 heavy (non-hydrogen) atoms. The van der Waals surface area contributed by atoms with E-state index in [0.29, 0.717) is 5.52 Å². The molecule has 1 amide bonds. The van der Waals surface area contributed by atoms with Crippen molar-refractivity contribution >= 4 is 28.7 Å². The molecule has 1 heterocycles. The van der Waals surface area contributed by atoms with Crippen molar-refractivity contribution in [2.24, 2.45) is 0 Å². The Kier molecular flexibility index (Phi) is 6.14. The van der Waals surface area contributed by atoms with Crippen LogP contribution in [0.1, 0.15) is 37.7 Å². The van der Waals surface area contributed by atoms with Crippen LogP contribution < -0.4 is 5.32 Å². The predicted octanol–water partition coefficient (Wildman–Crippen LogP) is 2.15. The molecule has 1 unspecified atom stereocenters. The number of carboxylic acids is 1. The van der Waals surface area contributed by atoms with E-state index in [0.717, 1.165) is 5.39 Å². The number of hydrogen-bond donors (Lipinski definition) is 2. The number of benzene rings is 1. The number of ether oxygens (including phenoxy) is 1. The molecule has 0 saturated carbocycles. The number of rotatable bonds is 4. The molecule has 140 valence electrons. The second-order valence-electron chi connectivity index (χ2n) is 6.72. The molecule has 7 nitrogen and oxygen atoms in total. The summed E-state index contributed by atoms with van der Waals surface area (Å²) in [5, 5.41) is 12.4. The van der Waals surface area contributed by atoms with Gasteiger partial charge in [0.1, 0.15) is 17.7 Å². The third-order valence-corrected chi connectivity index (χ3v) is 3.25. The first-order valence-electron chi connectivity index (χ1n) is 8.25. The molecule has 0 aliphatic rings. The van der Waals surface area contributed by atoms with E-state index in [9.17, 15) is 19.5 Å². The van der Waals surface area contributed by atoms with E-state index < -0.39 is 29.5 Å². The van der Waals surface area contributed by atoms with Gasteiger partial charge in [-0.25, -0.2) is 9.78 Å². The fourth-order valence-electron chi connectivity index (χ4n) is 2.16. The highest BCUT2D eigenvalue weighted by molar-refractivity contribution is 5.97. The van der Waals surface area contributed by atoms with Crippen molar-refractivity contribution in [1.82, 2.24) is 10.3 Å². The van der Waals surface area contributed by atoms with Crippen molar-refractivity contribution < 1.29 is 24.2 Å². The van der Waals surface area contributed by atoms with E-state index in [4.69, 9.17) is 4.74 Å². The van der Waals surface area contributed by atoms with Crippen LogP contribution in [0.25, 0.3) is 10.9 Å². The van der Waals surface area contributed by atoms with Crippen LogP contribution in [0.5, 0.6) is 0 Å². The summed E-state index contributed by atoms with van der Waals surface area (Å²) < 4.78 is 5.09. The quantitative estimate of drug-likeness (QED) is 0.633. The zero-order chi connectivity index (χ0) is 20.0. The highest BCUT2D eigenvalue weighted by Gasteiger charge is 2.20. The Morgan fingerprint density at radius 2 is 1.89 bits per heavy atom. The van der Waals surface area contributed by atoms with Crippen molar-refractivity contribution in [2.45, 2.75) is 38.8 Å². The fraction of sp³-hybridized carbons (Fsp3) is 0.300. The Labute approximate surface area is 156 Å². The summed E-state index contributed by atoms with van der Waals surface area (Å²) in [7, 11) is 0. The number of nitrogens with one attached hydrogen (secondary N) is 1. The Morgan fingerprint density at radius 1 is 1.19 bits per heavy atom. The van der Waals surface area contributed by atoms with Gasteiger partial charge in [0.15, 0.2) is 6.04 Å². The zero-order valence-corrected chi connectivity index (χ0v) is 15.3. The van der Waals surface area contributed by atoms with Crippen molar-refractivity contribution in [2.75, 3.05) is 0 Å². The maximum absolute atomic E-state index is 12.3. The van der Waals surface area contributed by atoms with E-state index in [1.165, 1.54) is 6.07 Å². The molecule has 0 bridgehead atoms. The first kappa shape index (κ1) is 19.9. The molecule has 7 heteroatoms. The lowest BCUT2D eigenvalue weighted by Gasteiger charge is -2.18. The van der Waals surface area contributed by atoms with Crippen LogP contribution in [0.3, 0.4) is 0 Å². The van der Waals surface area contributed by atoms with Gasteiger partial charge in [-0.1, -0.05) is 36.1 Å². The fourth-order valence-corrected chi connectivity index (χ4v) is 2.16. The van der Waals surface area contributed by atoms with Gasteiger partial charge < -0.3 is 15.2 Å². The molecule has 2 N–H and O–H groups in total. The molecule has 0 saturated heterocycles. The number of nitrogens with zero attached hydrogens (tertiary/aromatic N) is 1. The molecule has 2 rings (SSSR count). The van der Waals surface area contributed by atoms with Crippen molar-refractivity contribution in [3.05, 3.63) is 42.1 Å². The van der Waals surface area contributed by atoms with E-state index in [2.05, 4.69) is 22.1 Å². The average molecular weight is 368 g/mol. The summed E-state index contributed by atoms with van der Waals surface area (Å²) >= 11 is 0. The maximum Gasteiger partial charge on any atom is 0.338 e. The molecule has 0 radical (unpaired) electrons. The first-order valence-corrected chi connectivity index (χ1v) is 8.25. The highest BCUT2D eigenvalue weighted by Crippen LogP contribution is 2.12. The third kappa shape index (κ3) is 6.12. The van der Waals surface area contributed by atoms with Gasteiger partial charge in [-0.15, -0.1) is 0 Å². The minimum Gasteiger partial charge on any atom is -0.479 e. The van der Waals surface area contributed by atoms with E-state index in [1.807, 2.05) is 12.1 Å². The second-order valence-corrected chi connectivity index (χ2v) is 6.72. The number of hydrogen-bond acceptors (Lipinski definition) is 5. The molecule has 1 aromatic carbocycles. The first-order chi connectivity index (χ1) is 12.7. The van der Waals surface area contributed by atoms with Gasteiger partial charge in [0.25, 0.3) is 5.91 Å². The van der Waals surface area contributed by atoms with Crippen molar-refractivity contribution in [3.63, 3.8) is 0 Å². The normalized spacial score (nSPS) is 11.8. The highest BCUT2D eigenvalue weighted by atomic mass is 16.6. The van der Waals surface area contributed by atoms with E-state index in [-0.39, 0.29) is 12.1 Å². The lowest BCUT2D eigenvalue weighted by molar-refractivity contribution is -0.153. The van der Waals surface area contributed by atoms with Crippen molar-refractivity contribution in [3.8, 4) is 11.8 Å². The number of carboxylic acid groups (broad SMARTS) is 1. The molecule has 0 spiro atoms. The molecule has 1 aromatic heterocycles. The second kappa shape index (κ2) is 8.32. The van der Waals surface area contributed by atoms with Crippen LogP contribution in [0.2, 0.25) is 0 Å². The van der Waals surface area contributed by atoms with E-state index in [1.54, 1.807) is 39.0 Å². The van der Waals surface area contributed by atoms with Gasteiger partial charge in [0.05, 0.1) is 5.52 Å². The van der Waals surface area contributed by atoms with E-state index >= 15 is 0 Å². The lowest BCUT2D eigenvalue weighted by atomic mass is 10.2. The summed E-state index contributed by atoms with van der Waals surface area (Å²) in [6.45, 7) is 5.15. The third-order valence-electron chi connectivity index (χ3n) is 3.25. The number of aromatic nitrogens is 1. The topological polar surface area (TPSA) is 106 Å². The smallest absolute Gasteiger partial charge is 0.338 e. The van der Waals surface area contributed by atoms with Crippen LogP contribution in [0.4, 0.5) is 0 Å². The maximum atomic E-state index is 12.3. The van der Waals surface area contributed by atoms with Gasteiger partial charge in [-0.2, -0.15) is 0 Å². The summed E-state index contributed by atoms with van der Waals surface area (Å²) in [4.78, 5) is 39.4. The predicted molar refractivity (Wildman–Crippen MR) is 98.9 cm³/mol. The number of amides is 1. The standard InChI is InChI=1S/C20H20N2O5/c1-20(2,3)27-17(23)10-6-9-16(19(25)26)22-18(24)15-12-11-13-7-4-5-8-14(13)21-15/h4-5,7-8,11-12,16H,10H2,1-3H3,(H,22,24)(H,25,26).